The van der Waals surface area contributed by atoms with Crippen LogP contribution in [-0.2, 0) is 6.18 Å². The zero-order valence-electron chi connectivity index (χ0n) is 8.87. The van der Waals surface area contributed by atoms with Gasteiger partial charge in [0.05, 0.1) is 11.3 Å². The lowest BCUT2D eigenvalue weighted by molar-refractivity contribution is -0.137. The largest absolute Gasteiger partial charge is 0.417 e. The van der Waals surface area contributed by atoms with Crippen molar-refractivity contribution in [1.29, 1.82) is 0 Å². The molecule has 0 spiro atoms. The molecule has 0 aromatic carbocycles. The SMILES string of the molecule is Nc1ccc(I)c(-c2cncc(C(F)(F)F)c2)n1. The molecule has 94 valence electrons. The van der Waals surface area contributed by atoms with Gasteiger partial charge in [0.1, 0.15) is 5.82 Å². The van der Waals surface area contributed by atoms with Crippen LogP contribution in [0.25, 0.3) is 11.3 Å². The number of nitrogen functional groups attached to an aromatic ring is 1. The van der Waals surface area contributed by atoms with Crippen molar-refractivity contribution in [3.8, 4) is 11.3 Å². The lowest BCUT2D eigenvalue weighted by atomic mass is 10.1. The van der Waals surface area contributed by atoms with Crippen LogP contribution >= 0.6 is 22.6 Å². The third-order valence-corrected chi connectivity index (χ3v) is 3.08. The molecule has 2 N–H and O–H groups in total. The number of hydrogen-bond acceptors (Lipinski definition) is 3. The van der Waals surface area contributed by atoms with Gasteiger partial charge in [0.2, 0.25) is 0 Å². The number of halogens is 4. The Hall–Kier alpha value is -1.38. The van der Waals surface area contributed by atoms with Gasteiger partial charge in [-0.05, 0) is 40.8 Å². The Labute approximate surface area is 114 Å². The van der Waals surface area contributed by atoms with Gasteiger partial charge >= 0.3 is 6.18 Å². The highest BCUT2D eigenvalue weighted by Gasteiger charge is 2.31. The highest BCUT2D eigenvalue weighted by molar-refractivity contribution is 14.1. The van der Waals surface area contributed by atoms with Gasteiger partial charge in [-0.25, -0.2) is 4.98 Å². The first-order valence-electron chi connectivity index (χ1n) is 4.82. The molecule has 0 atom stereocenters. The molecule has 2 aromatic rings. The van der Waals surface area contributed by atoms with Gasteiger partial charge in [0, 0.05) is 21.5 Å². The third kappa shape index (κ3) is 2.71. The van der Waals surface area contributed by atoms with Crippen LogP contribution in [0, 0.1) is 3.57 Å². The Balaban J connectivity index is 2.55. The molecule has 2 aromatic heterocycles. The number of hydrogen-bond donors (Lipinski definition) is 1. The Morgan fingerprint density at radius 3 is 2.56 bits per heavy atom. The Morgan fingerprint density at radius 2 is 1.89 bits per heavy atom. The molecular formula is C11H7F3IN3. The fraction of sp³-hybridized carbons (Fsp3) is 0.0909. The van der Waals surface area contributed by atoms with E-state index in [1.807, 2.05) is 22.6 Å². The van der Waals surface area contributed by atoms with Crippen molar-refractivity contribution < 1.29 is 13.2 Å². The lowest BCUT2D eigenvalue weighted by Crippen LogP contribution is -2.06. The normalized spacial score (nSPS) is 11.6. The molecule has 0 saturated heterocycles. The van der Waals surface area contributed by atoms with E-state index in [0.29, 0.717) is 14.8 Å². The maximum atomic E-state index is 12.6. The summed E-state index contributed by atoms with van der Waals surface area (Å²) in [7, 11) is 0. The van der Waals surface area contributed by atoms with Crippen LogP contribution < -0.4 is 5.73 Å². The smallest absolute Gasteiger partial charge is 0.384 e. The first kappa shape index (κ1) is 13.1. The summed E-state index contributed by atoms with van der Waals surface area (Å²) in [5.74, 6) is 0.253. The zero-order chi connectivity index (χ0) is 13.3. The molecule has 0 radical (unpaired) electrons. The zero-order valence-corrected chi connectivity index (χ0v) is 11.0. The van der Waals surface area contributed by atoms with Crippen LogP contribution in [0.3, 0.4) is 0 Å². The fourth-order valence-corrected chi connectivity index (χ4v) is 2.00. The standard InChI is InChI=1S/C11H7F3IN3/c12-11(13,14)7-3-6(4-17-5-7)10-8(15)1-2-9(16)18-10/h1-5H,(H2,16,18). The van der Waals surface area contributed by atoms with E-state index in [1.165, 1.54) is 6.20 Å². The van der Waals surface area contributed by atoms with Crippen molar-refractivity contribution in [3.05, 3.63) is 39.7 Å². The number of rotatable bonds is 1. The fourth-order valence-electron chi connectivity index (χ4n) is 1.38. The van der Waals surface area contributed by atoms with E-state index in [9.17, 15) is 13.2 Å². The molecule has 2 rings (SSSR count). The number of aromatic nitrogens is 2. The molecule has 0 aliphatic carbocycles. The van der Waals surface area contributed by atoms with Crippen LogP contribution in [-0.4, -0.2) is 9.97 Å². The lowest BCUT2D eigenvalue weighted by Gasteiger charge is -2.09. The van der Waals surface area contributed by atoms with Gasteiger partial charge in [-0.1, -0.05) is 0 Å². The monoisotopic (exact) mass is 365 g/mol. The molecule has 18 heavy (non-hydrogen) atoms. The second-order valence-corrected chi connectivity index (χ2v) is 4.69. The first-order chi connectivity index (χ1) is 8.38. The highest BCUT2D eigenvalue weighted by Crippen LogP contribution is 2.32. The summed E-state index contributed by atoms with van der Waals surface area (Å²) in [6.45, 7) is 0. The summed E-state index contributed by atoms with van der Waals surface area (Å²) in [4.78, 5) is 7.62. The van der Waals surface area contributed by atoms with Gasteiger partial charge in [-0.15, -0.1) is 0 Å². The summed E-state index contributed by atoms with van der Waals surface area (Å²) in [6.07, 6.45) is -2.31. The minimum absolute atomic E-state index is 0.253. The van der Waals surface area contributed by atoms with Crippen molar-refractivity contribution in [1.82, 2.24) is 9.97 Å². The van der Waals surface area contributed by atoms with Crippen molar-refractivity contribution in [2.24, 2.45) is 0 Å². The molecule has 2 heterocycles. The summed E-state index contributed by atoms with van der Waals surface area (Å²) in [5.41, 5.74) is 5.42. The molecule has 0 aliphatic rings. The van der Waals surface area contributed by atoms with E-state index >= 15 is 0 Å². The van der Waals surface area contributed by atoms with Gasteiger partial charge in [0.25, 0.3) is 0 Å². The molecule has 0 aliphatic heterocycles. The Bertz CT molecular complexity index is 584. The first-order valence-corrected chi connectivity index (χ1v) is 5.90. The minimum Gasteiger partial charge on any atom is -0.384 e. The number of anilines is 1. The second-order valence-electron chi connectivity index (χ2n) is 3.53. The van der Waals surface area contributed by atoms with Crippen molar-refractivity contribution in [2.45, 2.75) is 6.18 Å². The van der Waals surface area contributed by atoms with E-state index in [2.05, 4.69) is 9.97 Å². The molecule has 0 fully saturated rings. The number of alkyl halides is 3. The molecule has 0 amide bonds. The van der Waals surface area contributed by atoms with Crippen LogP contribution in [0.4, 0.5) is 19.0 Å². The van der Waals surface area contributed by atoms with Gasteiger partial charge in [-0.3, -0.25) is 4.98 Å². The van der Waals surface area contributed by atoms with Gasteiger partial charge in [0.15, 0.2) is 0 Å². The Kier molecular flexibility index (Phi) is 3.42. The van der Waals surface area contributed by atoms with E-state index in [4.69, 9.17) is 5.73 Å². The van der Waals surface area contributed by atoms with Crippen molar-refractivity contribution in [2.75, 3.05) is 5.73 Å². The third-order valence-electron chi connectivity index (χ3n) is 2.21. The molecule has 3 nitrogen and oxygen atoms in total. The molecule has 0 unspecified atom stereocenters. The van der Waals surface area contributed by atoms with Crippen LogP contribution in [0.1, 0.15) is 5.56 Å². The number of pyridine rings is 2. The minimum atomic E-state index is -4.42. The van der Waals surface area contributed by atoms with Crippen LogP contribution in [0.15, 0.2) is 30.6 Å². The summed E-state index contributed by atoms with van der Waals surface area (Å²) in [5, 5.41) is 0. The van der Waals surface area contributed by atoms with Crippen molar-refractivity contribution >= 4 is 28.4 Å². The van der Waals surface area contributed by atoms with E-state index in [0.717, 1.165) is 12.3 Å². The van der Waals surface area contributed by atoms with Gasteiger partial charge < -0.3 is 5.73 Å². The quantitative estimate of drug-likeness (QED) is 0.789. The Morgan fingerprint density at radius 1 is 1.17 bits per heavy atom. The molecule has 0 bridgehead atoms. The van der Waals surface area contributed by atoms with E-state index < -0.39 is 11.7 Å². The second kappa shape index (κ2) is 4.71. The number of nitrogens with two attached hydrogens (primary N) is 1. The molecular weight excluding hydrogens is 358 g/mol. The summed E-state index contributed by atoms with van der Waals surface area (Å²) in [6, 6.07) is 4.29. The maximum Gasteiger partial charge on any atom is 0.417 e. The maximum absolute atomic E-state index is 12.6. The average molecular weight is 365 g/mol. The van der Waals surface area contributed by atoms with Crippen molar-refractivity contribution in [3.63, 3.8) is 0 Å². The average Bonchev–Trinajstić information content (AvgIpc) is 2.31. The summed E-state index contributed by atoms with van der Waals surface area (Å²) >= 11 is 1.99. The van der Waals surface area contributed by atoms with E-state index in [1.54, 1.807) is 12.1 Å². The molecule has 7 heteroatoms. The molecule has 0 saturated carbocycles. The predicted octanol–water partition coefficient (Wildman–Crippen LogP) is 3.35. The number of nitrogens with zero attached hydrogens (tertiary/aromatic N) is 2. The topological polar surface area (TPSA) is 51.8 Å². The predicted molar refractivity (Wildman–Crippen MR) is 69.6 cm³/mol. The van der Waals surface area contributed by atoms with Crippen LogP contribution in [0.2, 0.25) is 0 Å². The van der Waals surface area contributed by atoms with Gasteiger partial charge in [-0.2, -0.15) is 13.2 Å². The highest BCUT2D eigenvalue weighted by atomic mass is 127. The summed E-state index contributed by atoms with van der Waals surface area (Å²) < 4.78 is 38.4. The van der Waals surface area contributed by atoms with E-state index in [-0.39, 0.29) is 5.82 Å². The van der Waals surface area contributed by atoms with Crippen LogP contribution in [0.5, 0.6) is 0 Å².